The predicted octanol–water partition coefficient (Wildman–Crippen LogP) is 5.38. The van der Waals surface area contributed by atoms with E-state index < -0.39 is 35.0 Å². The van der Waals surface area contributed by atoms with Crippen molar-refractivity contribution in [2.75, 3.05) is 41.0 Å². The summed E-state index contributed by atoms with van der Waals surface area (Å²) in [5.74, 6) is 0. The topological polar surface area (TPSA) is 33.7 Å². The summed E-state index contributed by atoms with van der Waals surface area (Å²) >= 11 is 0. The molecule has 0 aromatic carbocycles. The highest BCUT2D eigenvalue weighted by atomic mass is 28.4. The Kier molecular flexibility index (Phi) is 23.7. The average molecular weight is 565 g/mol. The Bertz CT molecular complexity index is 448. The second-order valence-electron chi connectivity index (χ2n) is 11.8. The van der Waals surface area contributed by atoms with Crippen LogP contribution in [0.3, 0.4) is 0 Å². The van der Waals surface area contributed by atoms with Crippen molar-refractivity contribution in [3.63, 3.8) is 0 Å². The molecule has 4 nitrogen and oxygen atoms in total. The van der Waals surface area contributed by atoms with E-state index in [9.17, 15) is 0 Å². The Morgan fingerprint density at radius 1 is 0.882 bits per heavy atom. The predicted molar refractivity (Wildman–Crippen MR) is 171 cm³/mol. The van der Waals surface area contributed by atoms with Crippen LogP contribution in [0.15, 0.2) is 0 Å². The molecule has 1 N–H and O–H groups in total. The summed E-state index contributed by atoms with van der Waals surface area (Å²) in [6, 6.07) is 14.0. The van der Waals surface area contributed by atoms with Crippen LogP contribution in [0.25, 0.3) is 0 Å². The van der Waals surface area contributed by atoms with Gasteiger partial charge >= 0.3 is 0 Å². The van der Waals surface area contributed by atoms with Crippen LogP contribution in [-0.2, 0) is 8.85 Å². The third-order valence-corrected chi connectivity index (χ3v) is 20.3. The number of hydrogen-bond donors (Lipinski definition) is 1. The highest BCUT2D eigenvalue weighted by molar-refractivity contribution is 6.71. The van der Waals surface area contributed by atoms with Gasteiger partial charge in [0.1, 0.15) is 0 Å². The van der Waals surface area contributed by atoms with Gasteiger partial charge in [0.05, 0.1) is 6.73 Å². The molecule has 9 heteroatoms. The molecule has 3 atom stereocenters. The van der Waals surface area contributed by atoms with Gasteiger partial charge in [0.15, 0.2) is 17.4 Å². The monoisotopic (exact) mass is 564 g/mol. The lowest BCUT2D eigenvalue weighted by atomic mass is 10.5. The Morgan fingerprint density at radius 2 is 1.53 bits per heavy atom. The standard InChI is InChI=1S/C25H64N2O2Si5/c1-9-18-33(22-10-16-30-17-11-24-34(7,8)29-15-14-26-2)23-13-20-31(5)19-12-21-32(6)28-25-27(3)4/h26,31-33H,9-25,30H2,1-8H3. The van der Waals surface area contributed by atoms with Gasteiger partial charge in [0.25, 0.3) is 0 Å². The molecule has 3 unspecified atom stereocenters. The first-order chi connectivity index (χ1) is 16.2. The van der Waals surface area contributed by atoms with Crippen molar-refractivity contribution in [1.29, 1.82) is 0 Å². The van der Waals surface area contributed by atoms with E-state index in [1.54, 1.807) is 55.2 Å². The minimum absolute atomic E-state index is 0.178. The zero-order chi connectivity index (χ0) is 25.7. The summed E-state index contributed by atoms with van der Waals surface area (Å²) in [5, 5.41) is 3.19. The normalized spacial score (nSPS) is 15.4. The maximum absolute atomic E-state index is 6.15. The number of rotatable bonds is 25. The molecule has 0 heterocycles. The highest BCUT2D eigenvalue weighted by Crippen LogP contribution is 2.20. The van der Waals surface area contributed by atoms with Gasteiger partial charge in [0, 0.05) is 40.3 Å². The largest absolute Gasteiger partial charge is 0.416 e. The molecule has 0 bridgehead atoms. The van der Waals surface area contributed by atoms with E-state index in [0.29, 0.717) is 0 Å². The zero-order valence-corrected chi connectivity index (χ0v) is 30.6. The molecule has 0 fully saturated rings. The van der Waals surface area contributed by atoms with Crippen molar-refractivity contribution in [3.8, 4) is 0 Å². The number of likely N-dealkylation sites (N-methyl/N-ethyl adjacent to an activating group) is 1. The van der Waals surface area contributed by atoms with Gasteiger partial charge in [-0.3, -0.25) is 4.90 Å². The fraction of sp³-hybridized carbons (Fsp3) is 1.00. The van der Waals surface area contributed by atoms with E-state index in [4.69, 9.17) is 8.85 Å². The Labute approximate surface area is 223 Å². The molecule has 0 saturated carbocycles. The van der Waals surface area contributed by atoms with Crippen LogP contribution in [-0.4, -0.2) is 90.4 Å². The minimum Gasteiger partial charge on any atom is -0.416 e. The molecule has 0 aliphatic heterocycles. The zero-order valence-electron chi connectivity index (χ0n) is 24.7. The summed E-state index contributed by atoms with van der Waals surface area (Å²) in [4.78, 5) is 2.14. The first-order valence-corrected chi connectivity index (χ1v) is 27.5. The Morgan fingerprint density at radius 3 is 2.18 bits per heavy atom. The van der Waals surface area contributed by atoms with Gasteiger partial charge in [-0.1, -0.05) is 87.9 Å². The van der Waals surface area contributed by atoms with E-state index >= 15 is 0 Å². The lowest BCUT2D eigenvalue weighted by Crippen LogP contribution is -2.33. The molecule has 0 spiro atoms. The van der Waals surface area contributed by atoms with E-state index in [0.717, 1.165) is 19.9 Å². The van der Waals surface area contributed by atoms with Crippen molar-refractivity contribution >= 4 is 44.5 Å². The third-order valence-electron chi connectivity index (χ3n) is 7.17. The molecular formula is C25H64N2O2Si5. The van der Waals surface area contributed by atoms with Crippen LogP contribution >= 0.6 is 0 Å². The number of hydrogen-bond acceptors (Lipinski definition) is 4. The first-order valence-electron chi connectivity index (χ1n) is 14.7. The van der Waals surface area contributed by atoms with Crippen LogP contribution < -0.4 is 5.32 Å². The molecular weight excluding hydrogens is 501 g/mol. The summed E-state index contributed by atoms with van der Waals surface area (Å²) < 4.78 is 12.2. The second kappa shape index (κ2) is 23.1. The molecule has 34 heavy (non-hydrogen) atoms. The molecule has 0 rings (SSSR count). The van der Waals surface area contributed by atoms with Gasteiger partial charge in [0.2, 0.25) is 0 Å². The fourth-order valence-corrected chi connectivity index (χ4v) is 17.4. The lowest BCUT2D eigenvalue weighted by molar-refractivity contribution is 0.179. The van der Waals surface area contributed by atoms with Gasteiger partial charge in [-0.2, -0.15) is 0 Å². The van der Waals surface area contributed by atoms with E-state index in [1.165, 1.54) is 31.4 Å². The third kappa shape index (κ3) is 23.3. The van der Waals surface area contributed by atoms with Gasteiger partial charge in [-0.15, -0.1) is 0 Å². The van der Waals surface area contributed by atoms with E-state index in [1.807, 2.05) is 7.05 Å². The van der Waals surface area contributed by atoms with Crippen LogP contribution in [0, 0.1) is 0 Å². The summed E-state index contributed by atoms with van der Waals surface area (Å²) in [7, 11) is 3.13. The SMILES string of the molecule is CCC[SiH](CCC[SiH2]CCC[Si](C)(C)OCCNC)CCC[SiH](C)CCC[SiH](C)OCN(C)C. The first kappa shape index (κ1) is 34.9. The second-order valence-corrected chi connectivity index (χ2v) is 27.6. The maximum Gasteiger partial charge on any atom is 0.186 e. The number of nitrogens with one attached hydrogen (secondary N) is 1. The Hall–Kier alpha value is 0.924. The minimum atomic E-state index is -1.40. The van der Waals surface area contributed by atoms with Crippen LogP contribution in [0.4, 0.5) is 0 Å². The van der Waals surface area contributed by atoms with Crippen molar-refractivity contribution in [2.24, 2.45) is 0 Å². The van der Waals surface area contributed by atoms with Crippen molar-refractivity contribution in [3.05, 3.63) is 0 Å². The van der Waals surface area contributed by atoms with Crippen LogP contribution in [0.1, 0.15) is 39.0 Å². The molecule has 0 aromatic heterocycles. The van der Waals surface area contributed by atoms with Gasteiger partial charge in [-0.25, -0.2) is 0 Å². The fourth-order valence-electron chi connectivity index (χ4n) is 4.87. The van der Waals surface area contributed by atoms with Crippen LogP contribution in [0.5, 0.6) is 0 Å². The Balaban J connectivity index is 3.81. The van der Waals surface area contributed by atoms with E-state index in [-0.39, 0.29) is 9.52 Å². The molecule has 0 aliphatic rings. The maximum atomic E-state index is 6.15. The van der Waals surface area contributed by atoms with Crippen LogP contribution in [0.2, 0.25) is 80.6 Å². The summed E-state index contributed by atoms with van der Waals surface area (Å²) in [5.41, 5.74) is 0. The smallest absolute Gasteiger partial charge is 0.186 e. The quantitative estimate of drug-likeness (QED) is 0.0917. The molecule has 0 amide bonds. The average Bonchev–Trinajstić information content (AvgIpc) is 2.77. The van der Waals surface area contributed by atoms with Gasteiger partial charge < -0.3 is 14.2 Å². The molecule has 0 aromatic rings. The molecule has 0 aliphatic carbocycles. The van der Waals surface area contributed by atoms with Crippen molar-refractivity contribution in [1.82, 2.24) is 10.2 Å². The van der Waals surface area contributed by atoms with Gasteiger partial charge in [-0.05, 0) is 52.9 Å². The highest BCUT2D eigenvalue weighted by Gasteiger charge is 2.21. The van der Waals surface area contributed by atoms with E-state index in [2.05, 4.69) is 57.4 Å². The van der Waals surface area contributed by atoms with Crippen molar-refractivity contribution in [2.45, 2.75) is 120 Å². The summed E-state index contributed by atoms with van der Waals surface area (Å²) in [6.45, 7) is 14.9. The molecule has 0 saturated heterocycles. The summed E-state index contributed by atoms with van der Waals surface area (Å²) in [6.07, 6.45) is 7.46. The molecule has 206 valence electrons. The van der Waals surface area contributed by atoms with Crippen molar-refractivity contribution < 1.29 is 8.85 Å². The number of nitrogens with zero attached hydrogens (tertiary/aromatic N) is 1. The molecule has 0 radical (unpaired) electrons. The lowest BCUT2D eigenvalue weighted by Gasteiger charge is -2.22.